The number of nitrogens with one attached hydrogen (secondary N) is 1. The highest BCUT2D eigenvalue weighted by molar-refractivity contribution is 7.89. The molecular weight excluding hydrogens is 278 g/mol. The van der Waals surface area contributed by atoms with Crippen LogP contribution in [0.25, 0.3) is 0 Å². The monoisotopic (exact) mass is 299 g/mol. The van der Waals surface area contributed by atoms with E-state index in [0.29, 0.717) is 0 Å². The lowest BCUT2D eigenvalue weighted by molar-refractivity contribution is -0.130. The third-order valence-electron chi connectivity index (χ3n) is 3.02. The standard InChI is InChI=1S/C13H21N3O3S/c1-9(15-10(2)13(17)16(3)4)11-5-7-12(8-6-11)20(14,18)19/h5-10,15H,1-4H3,(H2,14,18,19). The third kappa shape index (κ3) is 4.29. The maximum atomic E-state index is 11.8. The zero-order valence-corrected chi connectivity index (χ0v) is 12.9. The van der Waals surface area contributed by atoms with Gasteiger partial charge in [-0.25, -0.2) is 13.6 Å². The number of hydrogen-bond donors (Lipinski definition) is 2. The van der Waals surface area contributed by atoms with Crippen molar-refractivity contribution in [1.82, 2.24) is 10.2 Å². The third-order valence-corrected chi connectivity index (χ3v) is 3.95. The van der Waals surface area contributed by atoms with Crippen LogP contribution in [0.4, 0.5) is 0 Å². The van der Waals surface area contributed by atoms with E-state index in [-0.39, 0.29) is 22.9 Å². The number of benzene rings is 1. The molecule has 1 rings (SSSR count). The molecule has 2 unspecified atom stereocenters. The van der Waals surface area contributed by atoms with Gasteiger partial charge in [-0.15, -0.1) is 0 Å². The Morgan fingerprint density at radius 1 is 1.20 bits per heavy atom. The Morgan fingerprint density at radius 3 is 2.10 bits per heavy atom. The normalized spacial score (nSPS) is 14.7. The zero-order chi connectivity index (χ0) is 15.5. The van der Waals surface area contributed by atoms with Gasteiger partial charge in [-0.1, -0.05) is 12.1 Å². The van der Waals surface area contributed by atoms with Crippen molar-refractivity contribution in [2.45, 2.75) is 30.8 Å². The Balaban J connectivity index is 2.78. The van der Waals surface area contributed by atoms with Gasteiger partial charge in [0.2, 0.25) is 15.9 Å². The van der Waals surface area contributed by atoms with E-state index in [1.54, 1.807) is 33.2 Å². The van der Waals surface area contributed by atoms with Crippen molar-refractivity contribution in [2.75, 3.05) is 14.1 Å². The van der Waals surface area contributed by atoms with Crippen LogP contribution in [-0.2, 0) is 14.8 Å². The molecule has 0 fully saturated rings. The number of rotatable bonds is 5. The van der Waals surface area contributed by atoms with Gasteiger partial charge in [0.25, 0.3) is 0 Å². The summed E-state index contributed by atoms with van der Waals surface area (Å²) in [6, 6.07) is 5.89. The van der Waals surface area contributed by atoms with Gasteiger partial charge in [0.1, 0.15) is 0 Å². The van der Waals surface area contributed by atoms with Gasteiger partial charge in [-0.05, 0) is 31.5 Å². The van der Waals surface area contributed by atoms with E-state index in [1.165, 1.54) is 17.0 Å². The second-order valence-electron chi connectivity index (χ2n) is 4.96. The highest BCUT2D eigenvalue weighted by atomic mass is 32.2. The molecule has 0 aromatic heterocycles. The lowest BCUT2D eigenvalue weighted by Gasteiger charge is -2.22. The van der Waals surface area contributed by atoms with E-state index in [9.17, 15) is 13.2 Å². The maximum absolute atomic E-state index is 11.8. The molecular formula is C13H21N3O3S. The Kier molecular flexibility index (Phi) is 5.27. The van der Waals surface area contributed by atoms with Gasteiger partial charge in [0.15, 0.2) is 0 Å². The minimum atomic E-state index is -3.67. The van der Waals surface area contributed by atoms with Crippen LogP contribution in [0.3, 0.4) is 0 Å². The average molecular weight is 299 g/mol. The minimum absolute atomic E-state index is 0.0157. The number of hydrogen-bond acceptors (Lipinski definition) is 4. The minimum Gasteiger partial charge on any atom is -0.347 e. The van der Waals surface area contributed by atoms with E-state index in [0.717, 1.165) is 5.56 Å². The van der Waals surface area contributed by atoms with Crippen LogP contribution in [0.1, 0.15) is 25.5 Å². The summed E-state index contributed by atoms with van der Waals surface area (Å²) >= 11 is 0. The largest absolute Gasteiger partial charge is 0.347 e. The van der Waals surface area contributed by atoms with Gasteiger partial charge in [0.05, 0.1) is 10.9 Å². The summed E-state index contributed by atoms with van der Waals surface area (Å²) < 4.78 is 22.3. The molecule has 7 heteroatoms. The summed E-state index contributed by atoms with van der Waals surface area (Å²) in [7, 11) is -0.273. The second kappa shape index (κ2) is 6.34. The van der Waals surface area contributed by atoms with Gasteiger partial charge >= 0.3 is 0 Å². The molecule has 0 aliphatic heterocycles. The van der Waals surface area contributed by atoms with E-state index < -0.39 is 10.0 Å². The van der Waals surface area contributed by atoms with Crippen molar-refractivity contribution in [3.63, 3.8) is 0 Å². The molecule has 2 atom stereocenters. The fraction of sp³-hybridized carbons (Fsp3) is 0.462. The molecule has 20 heavy (non-hydrogen) atoms. The van der Waals surface area contributed by atoms with Crippen LogP contribution in [0.2, 0.25) is 0 Å². The number of likely N-dealkylation sites (N-methyl/N-ethyl adjacent to an activating group) is 1. The first-order chi connectivity index (χ1) is 9.12. The quantitative estimate of drug-likeness (QED) is 0.826. The second-order valence-corrected chi connectivity index (χ2v) is 6.52. The van der Waals surface area contributed by atoms with Gasteiger partial charge < -0.3 is 4.90 Å². The summed E-state index contributed by atoms with van der Waals surface area (Å²) in [6.45, 7) is 3.70. The lowest BCUT2D eigenvalue weighted by atomic mass is 10.1. The molecule has 1 amide bonds. The van der Waals surface area contributed by atoms with Crippen molar-refractivity contribution in [3.05, 3.63) is 29.8 Å². The van der Waals surface area contributed by atoms with E-state index in [2.05, 4.69) is 5.32 Å². The van der Waals surface area contributed by atoms with Gasteiger partial charge in [0, 0.05) is 20.1 Å². The molecule has 0 radical (unpaired) electrons. The number of primary sulfonamides is 1. The zero-order valence-electron chi connectivity index (χ0n) is 12.1. The van der Waals surface area contributed by atoms with Crippen LogP contribution in [0.15, 0.2) is 29.2 Å². The number of amides is 1. The molecule has 0 aliphatic rings. The summed E-state index contributed by atoms with van der Waals surface area (Å²) in [6.07, 6.45) is 0. The lowest BCUT2D eigenvalue weighted by Crippen LogP contribution is -2.42. The number of sulfonamides is 1. The van der Waals surface area contributed by atoms with E-state index in [1.807, 2.05) is 6.92 Å². The molecule has 0 bridgehead atoms. The fourth-order valence-electron chi connectivity index (χ4n) is 1.88. The molecule has 0 saturated carbocycles. The molecule has 0 spiro atoms. The van der Waals surface area contributed by atoms with Crippen LogP contribution in [0, 0.1) is 0 Å². The first kappa shape index (κ1) is 16.6. The molecule has 0 aliphatic carbocycles. The fourth-order valence-corrected chi connectivity index (χ4v) is 2.39. The predicted molar refractivity (Wildman–Crippen MR) is 77.5 cm³/mol. The van der Waals surface area contributed by atoms with E-state index in [4.69, 9.17) is 5.14 Å². The number of nitrogens with two attached hydrogens (primary N) is 1. The predicted octanol–water partition coefficient (Wildman–Crippen LogP) is 0.461. The SMILES string of the molecule is CC(NC(C)c1ccc(S(N)(=O)=O)cc1)C(=O)N(C)C. The van der Waals surface area contributed by atoms with E-state index >= 15 is 0 Å². The summed E-state index contributed by atoms with van der Waals surface area (Å²) in [5.41, 5.74) is 0.885. The number of carbonyl (C=O) groups is 1. The van der Waals surface area contributed by atoms with Gasteiger partial charge in [-0.2, -0.15) is 0 Å². The Labute approximate surface area is 120 Å². The van der Waals surface area contributed by atoms with Crippen molar-refractivity contribution in [2.24, 2.45) is 5.14 Å². The van der Waals surface area contributed by atoms with Crippen LogP contribution in [0.5, 0.6) is 0 Å². The van der Waals surface area contributed by atoms with Crippen molar-refractivity contribution < 1.29 is 13.2 Å². The Bertz CT molecular complexity index is 567. The van der Waals surface area contributed by atoms with Crippen molar-refractivity contribution in [1.29, 1.82) is 0 Å². The molecule has 1 aromatic carbocycles. The maximum Gasteiger partial charge on any atom is 0.238 e. The van der Waals surface area contributed by atoms with Crippen LogP contribution >= 0.6 is 0 Å². The van der Waals surface area contributed by atoms with Crippen LogP contribution < -0.4 is 10.5 Å². The molecule has 6 nitrogen and oxygen atoms in total. The van der Waals surface area contributed by atoms with Gasteiger partial charge in [-0.3, -0.25) is 10.1 Å². The average Bonchev–Trinajstić information content (AvgIpc) is 2.36. The molecule has 1 aromatic rings. The molecule has 3 N–H and O–H groups in total. The summed E-state index contributed by atoms with van der Waals surface area (Å²) in [5.74, 6) is -0.0157. The summed E-state index contributed by atoms with van der Waals surface area (Å²) in [5, 5.41) is 8.21. The van der Waals surface area contributed by atoms with Crippen molar-refractivity contribution >= 4 is 15.9 Å². The highest BCUT2D eigenvalue weighted by Crippen LogP contribution is 2.16. The molecule has 0 heterocycles. The topological polar surface area (TPSA) is 92.5 Å². The number of carbonyl (C=O) groups excluding carboxylic acids is 1. The van der Waals surface area contributed by atoms with Crippen molar-refractivity contribution in [3.8, 4) is 0 Å². The van der Waals surface area contributed by atoms with Crippen LogP contribution in [-0.4, -0.2) is 39.4 Å². The Morgan fingerprint density at radius 2 is 1.70 bits per heavy atom. The number of nitrogens with zero attached hydrogens (tertiary/aromatic N) is 1. The smallest absolute Gasteiger partial charge is 0.238 e. The first-order valence-electron chi connectivity index (χ1n) is 6.23. The molecule has 112 valence electrons. The summed E-state index contributed by atoms with van der Waals surface area (Å²) in [4.78, 5) is 13.4. The first-order valence-corrected chi connectivity index (χ1v) is 7.77. The highest BCUT2D eigenvalue weighted by Gasteiger charge is 2.18. The molecule has 0 saturated heterocycles. The Hall–Kier alpha value is -1.44.